The van der Waals surface area contributed by atoms with E-state index >= 15 is 0 Å². The molecule has 42 heavy (non-hydrogen) atoms. The number of hydrogen-bond donors (Lipinski definition) is 0. The smallest absolute Gasteiger partial charge is 0.271 e. The van der Waals surface area contributed by atoms with Crippen LogP contribution in [0.1, 0.15) is 22.3 Å². The van der Waals surface area contributed by atoms with Crippen molar-refractivity contribution in [2.45, 2.75) is 31.0 Å². The van der Waals surface area contributed by atoms with Gasteiger partial charge in [-0.25, -0.2) is 24.5 Å². The van der Waals surface area contributed by atoms with Crippen LogP contribution in [-0.4, -0.2) is 61.5 Å². The summed E-state index contributed by atoms with van der Waals surface area (Å²) in [6, 6.07) is -3.67. The Kier molecular flexibility index (Phi) is 8.20. The standard InChI is InChI=1S/C23H19F12N5O2/c1-36(2)17-38(15-7-11(20(24,25)26)5-12(8-15)21(27,28)29)18(41)39(19(42)40(17)37(3)4)16-9-13(22(30,31)32)6-14(10-16)23(33,34)35/h5-10,17H,1-4H3. The minimum atomic E-state index is -5.42. The number of alkyl halides is 12. The molecule has 4 amide bonds. The van der Waals surface area contributed by atoms with Gasteiger partial charge in [0.1, 0.15) is 0 Å². The lowest BCUT2D eigenvalue weighted by molar-refractivity contribution is -0.144. The number of rotatable bonds is 4. The van der Waals surface area contributed by atoms with Crippen LogP contribution in [0.4, 0.5) is 73.6 Å². The zero-order chi connectivity index (χ0) is 32.3. The molecule has 1 saturated heterocycles. The van der Waals surface area contributed by atoms with Gasteiger partial charge >= 0.3 is 36.8 Å². The summed E-state index contributed by atoms with van der Waals surface area (Å²) in [5, 5.41) is 1.42. The number of halogens is 12. The molecule has 0 saturated carbocycles. The van der Waals surface area contributed by atoms with Crippen LogP contribution in [0.15, 0.2) is 36.4 Å². The summed E-state index contributed by atoms with van der Waals surface area (Å²) < 4.78 is 163. The maximum atomic E-state index is 13.7. The van der Waals surface area contributed by atoms with Crippen molar-refractivity contribution in [3.05, 3.63) is 58.7 Å². The van der Waals surface area contributed by atoms with Gasteiger partial charge in [-0.05, 0) is 50.5 Å². The van der Waals surface area contributed by atoms with E-state index in [0.717, 1.165) is 38.1 Å². The first kappa shape index (κ1) is 32.8. The number of anilines is 2. The topological polar surface area (TPSA) is 50.3 Å². The molecule has 7 nitrogen and oxygen atoms in total. The van der Waals surface area contributed by atoms with Crippen molar-refractivity contribution >= 4 is 23.4 Å². The molecule has 0 bridgehead atoms. The lowest BCUT2D eigenvalue weighted by Gasteiger charge is -2.51. The molecule has 0 radical (unpaired) electrons. The molecule has 232 valence electrons. The second-order valence-electron chi connectivity index (χ2n) is 9.30. The summed E-state index contributed by atoms with van der Waals surface area (Å²) in [6.45, 7) is 0. The molecular weight excluding hydrogens is 606 g/mol. The quantitative estimate of drug-likeness (QED) is 0.345. The molecule has 1 heterocycles. The largest absolute Gasteiger partial charge is 0.416 e. The molecule has 1 fully saturated rings. The van der Waals surface area contributed by atoms with E-state index < -0.39 is 76.7 Å². The highest BCUT2D eigenvalue weighted by atomic mass is 19.4. The molecule has 19 heteroatoms. The third-order valence-electron chi connectivity index (χ3n) is 5.81. The molecule has 1 atom stereocenters. The molecular formula is C23H19F12N5O2. The first-order valence-electron chi connectivity index (χ1n) is 11.2. The van der Waals surface area contributed by atoms with Crippen LogP contribution in [0.3, 0.4) is 0 Å². The highest BCUT2D eigenvalue weighted by molar-refractivity contribution is 6.21. The summed E-state index contributed by atoms with van der Waals surface area (Å²) in [6.07, 6.45) is -23.5. The predicted molar refractivity (Wildman–Crippen MR) is 122 cm³/mol. The van der Waals surface area contributed by atoms with Gasteiger partial charge in [-0.3, -0.25) is 9.80 Å². The predicted octanol–water partition coefficient (Wildman–Crippen LogP) is 6.95. The number of benzene rings is 2. The third kappa shape index (κ3) is 6.35. The Morgan fingerprint density at radius 1 is 0.548 bits per heavy atom. The van der Waals surface area contributed by atoms with Crippen molar-refractivity contribution in [3.63, 3.8) is 0 Å². The van der Waals surface area contributed by atoms with Gasteiger partial charge in [0.05, 0.1) is 33.6 Å². The Morgan fingerprint density at radius 3 is 1.17 bits per heavy atom. The van der Waals surface area contributed by atoms with Gasteiger partial charge in [-0.1, -0.05) is 0 Å². The monoisotopic (exact) mass is 625 g/mol. The minimum absolute atomic E-state index is 0.0142. The second kappa shape index (κ2) is 10.5. The summed E-state index contributed by atoms with van der Waals surface area (Å²) in [4.78, 5) is 28.1. The number of amides is 4. The van der Waals surface area contributed by atoms with Crippen molar-refractivity contribution in [2.75, 3.05) is 38.0 Å². The first-order chi connectivity index (χ1) is 18.9. The van der Waals surface area contributed by atoms with E-state index in [4.69, 9.17) is 0 Å². The fraction of sp³-hybridized carbons (Fsp3) is 0.391. The zero-order valence-electron chi connectivity index (χ0n) is 21.6. The number of nitrogens with zero attached hydrogens (tertiary/aromatic N) is 5. The molecule has 0 N–H and O–H groups in total. The lowest BCUT2D eigenvalue weighted by Crippen LogP contribution is -2.73. The fourth-order valence-corrected chi connectivity index (χ4v) is 4.04. The van der Waals surface area contributed by atoms with Crippen LogP contribution in [0.2, 0.25) is 0 Å². The van der Waals surface area contributed by atoms with Gasteiger partial charge in [0.15, 0.2) is 6.29 Å². The number of carbonyl (C=O) groups excluding carboxylic acids is 2. The van der Waals surface area contributed by atoms with Crippen molar-refractivity contribution in [3.8, 4) is 0 Å². The van der Waals surface area contributed by atoms with Crippen LogP contribution in [0.25, 0.3) is 0 Å². The van der Waals surface area contributed by atoms with E-state index in [-0.39, 0.29) is 46.2 Å². The van der Waals surface area contributed by atoms with Crippen LogP contribution >= 0.6 is 0 Å². The molecule has 3 rings (SSSR count). The molecule has 0 aliphatic carbocycles. The average Bonchev–Trinajstić information content (AvgIpc) is 2.80. The summed E-state index contributed by atoms with van der Waals surface area (Å²) in [5.74, 6) is 0. The number of hydrogen-bond acceptors (Lipinski definition) is 4. The number of urea groups is 2. The van der Waals surface area contributed by atoms with Crippen LogP contribution in [0, 0.1) is 0 Å². The molecule has 1 unspecified atom stereocenters. The van der Waals surface area contributed by atoms with Gasteiger partial charge in [-0.15, -0.1) is 0 Å². The molecule has 0 aromatic heterocycles. The Morgan fingerprint density at radius 2 is 0.881 bits per heavy atom. The van der Waals surface area contributed by atoms with E-state index in [2.05, 4.69) is 0 Å². The van der Waals surface area contributed by atoms with Gasteiger partial charge < -0.3 is 0 Å². The van der Waals surface area contributed by atoms with E-state index in [1.807, 2.05) is 0 Å². The van der Waals surface area contributed by atoms with E-state index in [1.54, 1.807) is 0 Å². The average molecular weight is 625 g/mol. The normalized spacial score (nSPS) is 17.7. The van der Waals surface area contributed by atoms with Crippen molar-refractivity contribution in [1.29, 1.82) is 0 Å². The maximum absolute atomic E-state index is 13.7. The molecule has 2 aromatic carbocycles. The molecule has 0 spiro atoms. The molecule has 1 aliphatic rings. The van der Waals surface area contributed by atoms with Crippen molar-refractivity contribution < 1.29 is 62.3 Å². The van der Waals surface area contributed by atoms with Crippen LogP contribution in [-0.2, 0) is 24.7 Å². The summed E-state index contributed by atoms with van der Waals surface area (Å²) in [7, 11) is 4.58. The Labute approximate surface area is 229 Å². The van der Waals surface area contributed by atoms with E-state index in [0.29, 0.717) is 5.01 Å². The van der Waals surface area contributed by atoms with Crippen LogP contribution < -0.4 is 9.80 Å². The molecule has 2 aromatic rings. The summed E-state index contributed by atoms with van der Waals surface area (Å²) in [5.41, 5.74) is -10.1. The Hall–Kier alpha value is -3.74. The van der Waals surface area contributed by atoms with Crippen molar-refractivity contribution in [2.24, 2.45) is 0 Å². The van der Waals surface area contributed by atoms with Gasteiger partial charge in [0, 0.05) is 14.1 Å². The maximum Gasteiger partial charge on any atom is 0.416 e. The lowest BCUT2D eigenvalue weighted by atomic mass is 10.1. The number of imide groups is 1. The van der Waals surface area contributed by atoms with E-state index in [9.17, 15) is 62.3 Å². The summed E-state index contributed by atoms with van der Waals surface area (Å²) >= 11 is 0. The highest BCUT2D eigenvalue weighted by Gasteiger charge is 2.50. The fourth-order valence-electron chi connectivity index (χ4n) is 4.04. The van der Waals surface area contributed by atoms with Gasteiger partial charge in [0.2, 0.25) is 0 Å². The van der Waals surface area contributed by atoms with Gasteiger partial charge in [0.25, 0.3) is 0 Å². The third-order valence-corrected chi connectivity index (χ3v) is 5.81. The SMILES string of the molecule is CN(C)C1N(c2cc(C(F)(F)F)cc(C(F)(F)F)c2)C(=O)N(c2cc(C(F)(F)F)cc(C(F)(F)F)c2)C(=O)N1N(C)C. The Bertz CT molecular complexity index is 1300. The van der Waals surface area contributed by atoms with Crippen LogP contribution in [0.5, 0.6) is 0 Å². The number of hydrazine groups is 1. The second-order valence-corrected chi connectivity index (χ2v) is 9.30. The van der Waals surface area contributed by atoms with E-state index in [1.165, 1.54) is 0 Å². The number of carbonyl (C=O) groups is 2. The first-order valence-corrected chi connectivity index (χ1v) is 11.2. The van der Waals surface area contributed by atoms with Gasteiger partial charge in [-0.2, -0.15) is 52.7 Å². The Balaban J connectivity index is 2.40. The zero-order valence-corrected chi connectivity index (χ0v) is 21.6. The minimum Gasteiger partial charge on any atom is -0.271 e. The highest BCUT2D eigenvalue weighted by Crippen LogP contribution is 2.43. The molecule has 1 aliphatic heterocycles. The van der Waals surface area contributed by atoms with Crippen molar-refractivity contribution in [1.82, 2.24) is 14.9 Å².